The van der Waals surface area contributed by atoms with Crippen molar-refractivity contribution in [3.8, 4) is 0 Å². The zero-order valence-corrected chi connectivity index (χ0v) is 14.9. The SMILES string of the molecule is CC[C@H]1O[C@]2(CC[C@H]1C)O[C@H]([C@@H](C)C(=O)OC)[C@@H](C)C[C@H]2C. The third-order valence-electron chi connectivity index (χ3n) is 5.77. The van der Waals surface area contributed by atoms with Crippen LogP contribution in [0.4, 0.5) is 0 Å². The van der Waals surface area contributed by atoms with Crippen molar-refractivity contribution in [2.45, 2.75) is 78.3 Å². The van der Waals surface area contributed by atoms with Gasteiger partial charge in [0.2, 0.25) is 0 Å². The molecule has 7 atom stereocenters. The van der Waals surface area contributed by atoms with E-state index in [4.69, 9.17) is 14.2 Å². The Morgan fingerprint density at radius 2 is 1.95 bits per heavy atom. The summed E-state index contributed by atoms with van der Waals surface area (Å²) < 4.78 is 17.9. The van der Waals surface area contributed by atoms with Gasteiger partial charge in [-0.05, 0) is 38.0 Å². The van der Waals surface area contributed by atoms with Crippen molar-refractivity contribution in [3.05, 3.63) is 0 Å². The van der Waals surface area contributed by atoms with E-state index >= 15 is 0 Å². The number of carbonyl (C=O) groups is 1. The van der Waals surface area contributed by atoms with Crippen LogP contribution in [0.25, 0.3) is 0 Å². The minimum absolute atomic E-state index is 0.130. The highest BCUT2D eigenvalue weighted by Crippen LogP contribution is 2.47. The lowest BCUT2D eigenvalue weighted by molar-refractivity contribution is -0.356. The molecule has 2 fully saturated rings. The molecule has 2 aliphatic heterocycles. The standard InChI is InChI=1S/C18H32O4/c1-7-15-11(2)8-9-18(21-15)13(4)10-12(3)16(22-18)14(5)17(19)20-6/h11-16H,7-10H2,1-6H3/t11-,12+,13-,14-,15-,16+,18-/m1/s1. The third-order valence-corrected chi connectivity index (χ3v) is 5.77. The number of hydrogen-bond donors (Lipinski definition) is 0. The van der Waals surface area contributed by atoms with Crippen LogP contribution in [0.3, 0.4) is 0 Å². The van der Waals surface area contributed by atoms with Gasteiger partial charge in [0.1, 0.15) is 0 Å². The van der Waals surface area contributed by atoms with E-state index in [1.165, 1.54) is 7.11 Å². The summed E-state index contributed by atoms with van der Waals surface area (Å²) in [6, 6.07) is 0. The van der Waals surface area contributed by atoms with Crippen molar-refractivity contribution in [1.82, 2.24) is 0 Å². The van der Waals surface area contributed by atoms with Crippen LogP contribution in [0, 0.1) is 23.7 Å². The summed E-state index contributed by atoms with van der Waals surface area (Å²) in [5.41, 5.74) is 0. The predicted octanol–water partition coefficient (Wildman–Crippen LogP) is 3.78. The van der Waals surface area contributed by atoms with E-state index in [1.807, 2.05) is 6.92 Å². The fraction of sp³-hybridized carbons (Fsp3) is 0.944. The highest BCUT2D eigenvalue weighted by atomic mass is 16.7. The molecule has 0 amide bonds. The topological polar surface area (TPSA) is 44.8 Å². The smallest absolute Gasteiger partial charge is 0.311 e. The Labute approximate surface area is 134 Å². The summed E-state index contributed by atoms with van der Waals surface area (Å²) >= 11 is 0. The highest BCUT2D eigenvalue weighted by Gasteiger charge is 2.52. The molecular formula is C18H32O4. The van der Waals surface area contributed by atoms with E-state index in [-0.39, 0.29) is 24.1 Å². The van der Waals surface area contributed by atoms with Gasteiger partial charge in [-0.2, -0.15) is 0 Å². The third kappa shape index (κ3) is 3.18. The lowest BCUT2D eigenvalue weighted by Crippen LogP contribution is -2.58. The summed E-state index contributed by atoms with van der Waals surface area (Å²) in [6.07, 6.45) is 4.19. The van der Waals surface area contributed by atoms with Gasteiger partial charge in [-0.25, -0.2) is 0 Å². The summed E-state index contributed by atoms with van der Waals surface area (Å²) in [5.74, 6) is 0.280. The second-order valence-corrected chi connectivity index (χ2v) is 7.40. The van der Waals surface area contributed by atoms with Gasteiger partial charge in [0.25, 0.3) is 0 Å². The fourth-order valence-corrected chi connectivity index (χ4v) is 4.23. The summed E-state index contributed by atoms with van der Waals surface area (Å²) in [4.78, 5) is 11.9. The molecule has 2 rings (SSSR count). The highest BCUT2D eigenvalue weighted by molar-refractivity contribution is 5.72. The molecule has 2 heterocycles. The Bertz CT molecular complexity index is 397. The van der Waals surface area contributed by atoms with Crippen LogP contribution in [0.5, 0.6) is 0 Å². The minimum Gasteiger partial charge on any atom is -0.469 e. The number of methoxy groups -OCH3 is 1. The summed E-state index contributed by atoms with van der Waals surface area (Å²) in [7, 11) is 1.44. The molecule has 0 aliphatic carbocycles. The Morgan fingerprint density at radius 1 is 1.27 bits per heavy atom. The molecule has 0 saturated carbocycles. The van der Waals surface area contributed by atoms with Gasteiger partial charge in [-0.1, -0.05) is 27.7 Å². The molecule has 0 aromatic heterocycles. The molecule has 1 spiro atoms. The average Bonchev–Trinajstić information content (AvgIpc) is 2.51. The van der Waals surface area contributed by atoms with Gasteiger partial charge < -0.3 is 14.2 Å². The van der Waals surface area contributed by atoms with Crippen molar-refractivity contribution in [1.29, 1.82) is 0 Å². The van der Waals surface area contributed by atoms with Gasteiger partial charge in [0.05, 0.1) is 25.2 Å². The lowest BCUT2D eigenvalue weighted by Gasteiger charge is -2.53. The van der Waals surface area contributed by atoms with Crippen molar-refractivity contribution in [2.75, 3.05) is 7.11 Å². The molecule has 22 heavy (non-hydrogen) atoms. The summed E-state index contributed by atoms with van der Waals surface area (Å²) in [5, 5.41) is 0. The van der Waals surface area contributed by atoms with E-state index in [9.17, 15) is 4.79 Å². The monoisotopic (exact) mass is 312 g/mol. The van der Waals surface area contributed by atoms with Crippen LogP contribution in [-0.2, 0) is 19.0 Å². The van der Waals surface area contributed by atoms with Crippen LogP contribution in [-0.4, -0.2) is 31.1 Å². The fourth-order valence-electron chi connectivity index (χ4n) is 4.23. The van der Waals surface area contributed by atoms with E-state index in [0.717, 1.165) is 25.7 Å². The molecule has 0 unspecified atom stereocenters. The first kappa shape index (κ1) is 17.7. The zero-order valence-electron chi connectivity index (χ0n) is 14.9. The Morgan fingerprint density at radius 3 is 2.55 bits per heavy atom. The van der Waals surface area contributed by atoms with E-state index in [1.54, 1.807) is 0 Å². The van der Waals surface area contributed by atoms with Gasteiger partial charge >= 0.3 is 5.97 Å². The molecule has 0 aromatic rings. The maximum absolute atomic E-state index is 11.9. The average molecular weight is 312 g/mol. The summed E-state index contributed by atoms with van der Waals surface area (Å²) in [6.45, 7) is 10.7. The predicted molar refractivity (Wildman–Crippen MR) is 85.3 cm³/mol. The molecule has 0 bridgehead atoms. The molecule has 2 aliphatic rings. The normalized spacial score (nSPS) is 43.8. The number of hydrogen-bond acceptors (Lipinski definition) is 4. The van der Waals surface area contributed by atoms with Crippen LogP contribution < -0.4 is 0 Å². The number of esters is 1. The van der Waals surface area contributed by atoms with E-state index < -0.39 is 5.79 Å². The van der Waals surface area contributed by atoms with Crippen LogP contribution >= 0.6 is 0 Å². The molecule has 0 radical (unpaired) electrons. The number of ether oxygens (including phenoxy) is 3. The van der Waals surface area contributed by atoms with Crippen molar-refractivity contribution in [2.24, 2.45) is 23.7 Å². The van der Waals surface area contributed by atoms with Crippen molar-refractivity contribution < 1.29 is 19.0 Å². The van der Waals surface area contributed by atoms with Crippen LogP contribution in [0.1, 0.15) is 60.3 Å². The first-order chi connectivity index (χ1) is 10.3. The second-order valence-electron chi connectivity index (χ2n) is 7.40. The van der Waals surface area contributed by atoms with Gasteiger partial charge in [0, 0.05) is 12.3 Å². The number of rotatable bonds is 3. The van der Waals surface area contributed by atoms with E-state index in [0.29, 0.717) is 17.8 Å². The maximum Gasteiger partial charge on any atom is 0.311 e. The van der Waals surface area contributed by atoms with Gasteiger partial charge in [-0.15, -0.1) is 0 Å². The molecule has 2 saturated heterocycles. The molecule has 0 N–H and O–H groups in total. The van der Waals surface area contributed by atoms with Crippen LogP contribution in [0.2, 0.25) is 0 Å². The Hall–Kier alpha value is -0.610. The van der Waals surface area contributed by atoms with Gasteiger partial charge in [0.15, 0.2) is 5.79 Å². The molecular weight excluding hydrogens is 280 g/mol. The minimum atomic E-state index is -0.521. The largest absolute Gasteiger partial charge is 0.469 e. The molecule has 4 heteroatoms. The van der Waals surface area contributed by atoms with Crippen LogP contribution in [0.15, 0.2) is 0 Å². The maximum atomic E-state index is 11.9. The number of carbonyl (C=O) groups excluding carboxylic acids is 1. The Balaban J connectivity index is 2.19. The molecule has 4 nitrogen and oxygen atoms in total. The Kier molecular flexibility index (Phi) is 5.54. The first-order valence-corrected chi connectivity index (χ1v) is 8.78. The van der Waals surface area contributed by atoms with Crippen molar-refractivity contribution in [3.63, 3.8) is 0 Å². The second kappa shape index (κ2) is 6.88. The van der Waals surface area contributed by atoms with E-state index in [2.05, 4.69) is 27.7 Å². The lowest BCUT2D eigenvalue weighted by atomic mass is 9.76. The van der Waals surface area contributed by atoms with Crippen molar-refractivity contribution >= 4 is 5.97 Å². The quantitative estimate of drug-likeness (QED) is 0.744. The molecule has 0 aromatic carbocycles. The first-order valence-electron chi connectivity index (χ1n) is 8.78. The molecule has 128 valence electrons. The van der Waals surface area contributed by atoms with Gasteiger partial charge in [-0.3, -0.25) is 4.79 Å². The zero-order chi connectivity index (χ0) is 16.5.